The number of nitrogens with one attached hydrogen (secondary N) is 1. The number of aryl methyl sites for hydroxylation is 1. The summed E-state index contributed by atoms with van der Waals surface area (Å²) in [7, 11) is 4.59. The fraction of sp³-hybridized carbons (Fsp3) is 0.357. The summed E-state index contributed by atoms with van der Waals surface area (Å²) in [5, 5.41) is 9.30. The van der Waals surface area contributed by atoms with E-state index < -0.39 is 0 Å². The van der Waals surface area contributed by atoms with Crippen LogP contribution < -0.4 is 24.4 Å². The molecule has 4 aromatic rings. The zero-order valence-corrected chi connectivity index (χ0v) is 24.4. The molecule has 12 heteroatoms. The molecule has 210 valence electrons. The van der Waals surface area contributed by atoms with E-state index >= 15 is 0 Å². The maximum atomic E-state index is 13.2. The molecular formula is C28H31ClN6O4S. The first-order chi connectivity index (χ1) is 19.4. The lowest BCUT2D eigenvalue weighted by atomic mass is 10.0. The number of fused-ring (bicyclic) bond motifs is 1. The van der Waals surface area contributed by atoms with Gasteiger partial charge in [0.2, 0.25) is 10.9 Å². The van der Waals surface area contributed by atoms with E-state index in [0.29, 0.717) is 45.3 Å². The number of halogens is 1. The molecule has 1 atom stereocenters. The minimum atomic E-state index is -0.205. The van der Waals surface area contributed by atoms with Gasteiger partial charge in [-0.25, -0.2) is 4.98 Å². The third-order valence-corrected chi connectivity index (χ3v) is 7.85. The molecule has 0 radical (unpaired) electrons. The SMILES string of the molecule is COc1cc(C(=O)NC2CCCN(c3cc(C)nc4nc(SCc5ccc(Cl)cc5)nn34)C2)cc(OC)c1OC. The Morgan fingerprint density at radius 2 is 1.80 bits per heavy atom. The first-order valence-corrected chi connectivity index (χ1v) is 14.2. The Hall–Kier alpha value is -3.70. The van der Waals surface area contributed by atoms with Crippen LogP contribution in [0.5, 0.6) is 17.2 Å². The first-order valence-electron chi connectivity index (χ1n) is 12.9. The third-order valence-electron chi connectivity index (χ3n) is 6.69. The van der Waals surface area contributed by atoms with Crippen LogP contribution in [0.25, 0.3) is 5.78 Å². The summed E-state index contributed by atoms with van der Waals surface area (Å²) in [6, 6.07) is 13.0. The summed E-state index contributed by atoms with van der Waals surface area (Å²) in [4.78, 5) is 24.7. The molecule has 0 bridgehead atoms. The summed E-state index contributed by atoms with van der Waals surface area (Å²) in [5.74, 6) is 3.29. The van der Waals surface area contributed by atoms with Crippen molar-refractivity contribution in [1.82, 2.24) is 24.9 Å². The number of hydrogen-bond acceptors (Lipinski definition) is 9. The molecule has 1 aliphatic heterocycles. The Morgan fingerprint density at radius 1 is 1.07 bits per heavy atom. The lowest BCUT2D eigenvalue weighted by Crippen LogP contribution is -2.48. The topological polar surface area (TPSA) is 103 Å². The van der Waals surface area contributed by atoms with Crippen molar-refractivity contribution in [3.05, 3.63) is 64.3 Å². The molecule has 0 spiro atoms. The number of benzene rings is 2. The van der Waals surface area contributed by atoms with Crippen molar-refractivity contribution in [2.24, 2.45) is 0 Å². The van der Waals surface area contributed by atoms with E-state index in [0.717, 1.165) is 42.2 Å². The molecule has 0 aliphatic carbocycles. The molecule has 1 saturated heterocycles. The minimum Gasteiger partial charge on any atom is -0.493 e. The predicted molar refractivity (Wildman–Crippen MR) is 155 cm³/mol. The molecule has 5 rings (SSSR count). The van der Waals surface area contributed by atoms with Gasteiger partial charge in [-0.2, -0.15) is 9.50 Å². The smallest absolute Gasteiger partial charge is 0.255 e. The standard InChI is InChI=1S/C28H31ClN6O4S/c1-17-12-24(35-27(30-17)32-28(33-35)40-16-18-7-9-20(29)10-8-18)34-11-5-6-21(15-34)31-26(36)19-13-22(37-2)25(39-4)23(14-19)38-3/h7-10,12-14,21H,5-6,11,15-16H2,1-4H3,(H,31,36). The lowest BCUT2D eigenvalue weighted by molar-refractivity contribution is 0.0932. The summed E-state index contributed by atoms with van der Waals surface area (Å²) < 4.78 is 18.0. The van der Waals surface area contributed by atoms with Crippen LogP contribution in [-0.2, 0) is 5.75 Å². The number of methoxy groups -OCH3 is 3. The number of ether oxygens (including phenoxy) is 3. The van der Waals surface area contributed by atoms with Crippen LogP contribution in [0.2, 0.25) is 5.02 Å². The Kier molecular flexibility index (Phi) is 8.51. The number of carbonyl (C=O) groups excluding carboxylic acids is 1. The van der Waals surface area contributed by atoms with Crippen LogP contribution in [0.3, 0.4) is 0 Å². The van der Waals surface area contributed by atoms with Gasteiger partial charge in [0, 0.05) is 47.2 Å². The molecule has 1 unspecified atom stereocenters. The molecule has 2 aromatic carbocycles. The number of amides is 1. The molecule has 2 aromatic heterocycles. The summed E-state index contributed by atoms with van der Waals surface area (Å²) in [6.45, 7) is 3.41. The summed E-state index contributed by atoms with van der Waals surface area (Å²) >= 11 is 7.56. The molecule has 3 heterocycles. The van der Waals surface area contributed by atoms with Crippen molar-refractivity contribution in [2.45, 2.75) is 36.7 Å². The van der Waals surface area contributed by atoms with E-state index in [4.69, 9.17) is 30.9 Å². The number of rotatable bonds is 9. The monoisotopic (exact) mass is 582 g/mol. The minimum absolute atomic E-state index is 0.0638. The second kappa shape index (κ2) is 12.2. The van der Waals surface area contributed by atoms with Gasteiger partial charge in [-0.3, -0.25) is 4.79 Å². The van der Waals surface area contributed by atoms with Crippen LogP contribution in [0, 0.1) is 6.92 Å². The number of aromatic nitrogens is 4. The molecule has 1 aliphatic rings. The normalized spacial score (nSPS) is 15.2. The Labute approximate surface area is 242 Å². The highest BCUT2D eigenvalue weighted by Gasteiger charge is 2.26. The van der Waals surface area contributed by atoms with E-state index in [9.17, 15) is 4.79 Å². The van der Waals surface area contributed by atoms with E-state index in [1.807, 2.05) is 37.3 Å². The summed E-state index contributed by atoms with van der Waals surface area (Å²) in [5.41, 5.74) is 2.43. The fourth-order valence-electron chi connectivity index (χ4n) is 4.75. The van der Waals surface area contributed by atoms with Crippen molar-refractivity contribution in [3.63, 3.8) is 0 Å². The lowest BCUT2D eigenvalue weighted by Gasteiger charge is -2.34. The number of hydrogen-bond donors (Lipinski definition) is 1. The molecule has 0 saturated carbocycles. The average molecular weight is 583 g/mol. The Morgan fingerprint density at radius 3 is 2.48 bits per heavy atom. The van der Waals surface area contributed by atoms with Gasteiger partial charge in [0.1, 0.15) is 5.82 Å². The maximum Gasteiger partial charge on any atom is 0.255 e. The average Bonchev–Trinajstić information content (AvgIpc) is 3.38. The molecule has 1 fully saturated rings. The van der Waals surface area contributed by atoms with Gasteiger partial charge in [-0.15, -0.1) is 5.10 Å². The fourth-order valence-corrected chi connectivity index (χ4v) is 5.65. The zero-order valence-electron chi connectivity index (χ0n) is 22.8. The largest absolute Gasteiger partial charge is 0.493 e. The van der Waals surface area contributed by atoms with Gasteiger partial charge in [0.15, 0.2) is 11.5 Å². The van der Waals surface area contributed by atoms with Crippen LogP contribution >= 0.6 is 23.4 Å². The first kappa shape index (κ1) is 27.9. The van der Waals surface area contributed by atoms with Gasteiger partial charge < -0.3 is 24.4 Å². The van der Waals surface area contributed by atoms with Gasteiger partial charge in [0.05, 0.1) is 21.3 Å². The zero-order chi connectivity index (χ0) is 28.2. The van der Waals surface area contributed by atoms with Crippen molar-refractivity contribution in [1.29, 1.82) is 0 Å². The second-order valence-electron chi connectivity index (χ2n) is 9.45. The highest BCUT2D eigenvalue weighted by molar-refractivity contribution is 7.98. The Bertz CT molecular complexity index is 1490. The number of nitrogens with zero attached hydrogens (tertiary/aromatic N) is 5. The van der Waals surface area contributed by atoms with Gasteiger partial charge >= 0.3 is 0 Å². The van der Waals surface area contributed by atoms with Crippen LogP contribution in [0.15, 0.2) is 47.6 Å². The van der Waals surface area contributed by atoms with E-state index in [-0.39, 0.29) is 11.9 Å². The molecular weight excluding hydrogens is 552 g/mol. The van der Waals surface area contributed by atoms with Crippen molar-refractivity contribution in [2.75, 3.05) is 39.3 Å². The van der Waals surface area contributed by atoms with Crippen molar-refractivity contribution < 1.29 is 19.0 Å². The number of thioether (sulfide) groups is 1. The third kappa shape index (κ3) is 6.05. The maximum absolute atomic E-state index is 13.2. The van der Waals surface area contributed by atoms with Crippen molar-refractivity contribution in [3.8, 4) is 17.2 Å². The molecule has 1 N–H and O–H groups in total. The highest BCUT2D eigenvalue weighted by atomic mass is 35.5. The number of anilines is 1. The highest BCUT2D eigenvalue weighted by Crippen LogP contribution is 2.38. The van der Waals surface area contributed by atoms with Crippen LogP contribution in [0.1, 0.15) is 34.5 Å². The predicted octanol–water partition coefficient (Wildman–Crippen LogP) is 4.80. The number of piperidine rings is 1. The van der Waals surface area contributed by atoms with Gasteiger partial charge in [-0.05, 0) is 49.6 Å². The van der Waals surface area contributed by atoms with Gasteiger partial charge in [0.25, 0.3) is 11.7 Å². The van der Waals surface area contributed by atoms with E-state index in [1.54, 1.807) is 28.4 Å². The van der Waals surface area contributed by atoms with Gasteiger partial charge in [-0.1, -0.05) is 35.5 Å². The Balaban J connectivity index is 1.32. The quantitative estimate of drug-likeness (QED) is 0.279. The second-order valence-corrected chi connectivity index (χ2v) is 10.8. The van der Waals surface area contributed by atoms with E-state index in [2.05, 4.69) is 20.2 Å². The number of carbonyl (C=O) groups is 1. The molecule has 1 amide bonds. The molecule has 40 heavy (non-hydrogen) atoms. The molecule has 10 nitrogen and oxygen atoms in total. The summed E-state index contributed by atoms with van der Waals surface area (Å²) in [6.07, 6.45) is 1.77. The van der Waals surface area contributed by atoms with Crippen molar-refractivity contribution >= 4 is 40.9 Å². The van der Waals surface area contributed by atoms with E-state index in [1.165, 1.54) is 21.3 Å². The van der Waals surface area contributed by atoms with Crippen LogP contribution in [-0.4, -0.2) is 65.9 Å². The van der Waals surface area contributed by atoms with Crippen LogP contribution in [0.4, 0.5) is 5.82 Å².